The van der Waals surface area contributed by atoms with Gasteiger partial charge in [0.2, 0.25) is 5.91 Å². The number of amides is 1. The van der Waals surface area contributed by atoms with Crippen molar-refractivity contribution in [2.75, 3.05) is 32.7 Å². The van der Waals surface area contributed by atoms with Gasteiger partial charge in [0.25, 0.3) is 0 Å². The second kappa shape index (κ2) is 6.14. The van der Waals surface area contributed by atoms with E-state index in [1.807, 2.05) is 12.2 Å². The molecule has 1 amide bonds. The Bertz CT molecular complexity index is 495. The van der Waals surface area contributed by atoms with Gasteiger partial charge in [0.15, 0.2) is 0 Å². The molecule has 3 aliphatic rings. The van der Waals surface area contributed by atoms with Crippen LogP contribution in [0, 0.1) is 5.92 Å². The number of carbonyl (C=O) groups excluding carboxylic acids is 1. The molecule has 2 fully saturated rings. The summed E-state index contributed by atoms with van der Waals surface area (Å²) >= 11 is 0. The summed E-state index contributed by atoms with van der Waals surface area (Å²) in [6.07, 6.45) is 8.55. The summed E-state index contributed by atoms with van der Waals surface area (Å²) in [7, 11) is 0. The number of rotatable bonds is 3. The van der Waals surface area contributed by atoms with Gasteiger partial charge in [0, 0.05) is 38.8 Å². The van der Waals surface area contributed by atoms with Crippen molar-refractivity contribution in [2.24, 2.45) is 11.7 Å². The Morgan fingerprint density at radius 2 is 2.09 bits per heavy atom. The van der Waals surface area contributed by atoms with E-state index in [0.717, 1.165) is 32.7 Å². The van der Waals surface area contributed by atoms with Crippen molar-refractivity contribution in [1.82, 2.24) is 15.1 Å². The highest BCUT2D eigenvalue weighted by Crippen LogP contribution is 2.42. The number of primary amides is 1. The van der Waals surface area contributed by atoms with E-state index < -0.39 is 0 Å². The van der Waals surface area contributed by atoms with E-state index in [9.17, 15) is 4.79 Å². The lowest BCUT2D eigenvalue weighted by Gasteiger charge is -2.57. The van der Waals surface area contributed by atoms with Gasteiger partial charge in [-0.15, -0.1) is 0 Å². The first kappa shape index (κ1) is 15.7. The summed E-state index contributed by atoms with van der Waals surface area (Å²) in [6, 6.07) is 0.381. The molecule has 5 nitrogen and oxygen atoms in total. The van der Waals surface area contributed by atoms with E-state index in [2.05, 4.69) is 35.0 Å². The zero-order valence-electron chi connectivity index (χ0n) is 13.7. The Labute approximate surface area is 133 Å². The highest BCUT2D eigenvalue weighted by atomic mass is 16.1. The third-order valence-corrected chi connectivity index (χ3v) is 5.50. The monoisotopic (exact) mass is 304 g/mol. The molecule has 0 aromatic carbocycles. The van der Waals surface area contributed by atoms with Crippen LogP contribution in [0.2, 0.25) is 0 Å². The predicted molar refractivity (Wildman–Crippen MR) is 88.2 cm³/mol. The molecule has 2 saturated heterocycles. The smallest absolute Gasteiger partial charge is 0.227 e. The maximum atomic E-state index is 12.3. The molecule has 2 aliphatic heterocycles. The van der Waals surface area contributed by atoms with Crippen LogP contribution in [-0.2, 0) is 4.79 Å². The van der Waals surface area contributed by atoms with Crippen LogP contribution in [-0.4, -0.2) is 60.1 Å². The molecule has 5 heteroatoms. The number of carbonyl (C=O) groups is 1. The Balaban J connectivity index is 2.10. The number of allylic oxidation sites excluding steroid dienone is 2. The molecule has 0 bridgehead atoms. The average Bonchev–Trinajstić information content (AvgIpc) is 3.02. The van der Waals surface area contributed by atoms with Crippen LogP contribution in [0.5, 0.6) is 0 Å². The Morgan fingerprint density at radius 1 is 1.36 bits per heavy atom. The van der Waals surface area contributed by atoms with Gasteiger partial charge in [-0.25, -0.2) is 0 Å². The van der Waals surface area contributed by atoms with E-state index in [1.165, 1.54) is 18.4 Å². The van der Waals surface area contributed by atoms with E-state index >= 15 is 0 Å². The van der Waals surface area contributed by atoms with Crippen molar-refractivity contribution in [3.05, 3.63) is 23.8 Å². The lowest BCUT2D eigenvalue weighted by Crippen LogP contribution is -2.72. The third-order valence-electron chi connectivity index (χ3n) is 5.50. The maximum Gasteiger partial charge on any atom is 0.227 e. The van der Waals surface area contributed by atoms with Gasteiger partial charge in [-0.05, 0) is 32.3 Å². The lowest BCUT2D eigenvalue weighted by molar-refractivity contribution is -0.134. The molecular formula is C17H28N4O. The number of nitrogens with zero attached hydrogens (tertiary/aromatic N) is 2. The molecule has 3 N–H and O–H groups in total. The van der Waals surface area contributed by atoms with Crippen molar-refractivity contribution < 1.29 is 4.79 Å². The molecule has 1 aliphatic carbocycles. The second-order valence-electron chi connectivity index (χ2n) is 6.78. The highest BCUT2D eigenvalue weighted by Gasteiger charge is 2.54. The molecule has 0 saturated carbocycles. The first-order chi connectivity index (χ1) is 10.6. The fourth-order valence-corrected chi connectivity index (χ4v) is 4.54. The summed E-state index contributed by atoms with van der Waals surface area (Å²) in [5, 5.41) is 3.46. The standard InChI is InChI=1S/C17H28N4O/c1-13-6-5-7-15(16(18)22)17(13,20-9-3-4-10-20)21-11-8-19-12-14(21)2/h5-7,14-15,19H,3-4,8-12H2,1-2H3,(H2,18,22). The fourth-order valence-electron chi connectivity index (χ4n) is 4.54. The Kier molecular flexibility index (Phi) is 4.39. The molecule has 0 spiro atoms. The summed E-state index contributed by atoms with van der Waals surface area (Å²) in [5.41, 5.74) is 6.71. The van der Waals surface area contributed by atoms with Gasteiger partial charge in [-0.1, -0.05) is 18.2 Å². The van der Waals surface area contributed by atoms with Gasteiger partial charge in [-0.3, -0.25) is 14.6 Å². The summed E-state index contributed by atoms with van der Waals surface area (Å²) in [5.74, 6) is -0.502. The Morgan fingerprint density at radius 3 is 2.73 bits per heavy atom. The molecule has 3 rings (SSSR count). The minimum atomic E-state index is -0.376. The zero-order valence-corrected chi connectivity index (χ0v) is 13.7. The fraction of sp³-hybridized carbons (Fsp3) is 0.706. The van der Waals surface area contributed by atoms with Gasteiger partial charge < -0.3 is 11.1 Å². The molecule has 0 aromatic heterocycles. The summed E-state index contributed by atoms with van der Waals surface area (Å²) in [4.78, 5) is 17.3. The molecule has 0 aromatic rings. The van der Waals surface area contributed by atoms with Gasteiger partial charge in [-0.2, -0.15) is 0 Å². The van der Waals surface area contributed by atoms with E-state index in [1.54, 1.807) is 0 Å². The van der Waals surface area contributed by atoms with E-state index in [-0.39, 0.29) is 17.5 Å². The topological polar surface area (TPSA) is 61.6 Å². The van der Waals surface area contributed by atoms with Crippen molar-refractivity contribution >= 4 is 5.91 Å². The molecule has 122 valence electrons. The summed E-state index contributed by atoms with van der Waals surface area (Å²) < 4.78 is 0. The van der Waals surface area contributed by atoms with Crippen molar-refractivity contribution in [3.63, 3.8) is 0 Å². The van der Waals surface area contributed by atoms with Crippen molar-refractivity contribution in [3.8, 4) is 0 Å². The number of nitrogens with one attached hydrogen (secondary N) is 1. The number of hydrogen-bond donors (Lipinski definition) is 2. The highest BCUT2D eigenvalue weighted by molar-refractivity contribution is 5.81. The minimum absolute atomic E-state index is 0.221. The van der Waals surface area contributed by atoms with Crippen molar-refractivity contribution in [1.29, 1.82) is 0 Å². The minimum Gasteiger partial charge on any atom is -0.369 e. The van der Waals surface area contributed by atoms with Crippen LogP contribution in [0.4, 0.5) is 0 Å². The quantitative estimate of drug-likeness (QED) is 0.805. The number of likely N-dealkylation sites (tertiary alicyclic amines) is 1. The molecular weight excluding hydrogens is 276 g/mol. The molecule has 0 radical (unpaired) electrons. The molecule has 2 heterocycles. The number of piperazine rings is 1. The van der Waals surface area contributed by atoms with Crippen molar-refractivity contribution in [2.45, 2.75) is 38.4 Å². The largest absolute Gasteiger partial charge is 0.369 e. The number of hydrogen-bond acceptors (Lipinski definition) is 4. The molecule has 3 atom stereocenters. The second-order valence-corrected chi connectivity index (χ2v) is 6.78. The zero-order chi connectivity index (χ0) is 15.7. The normalized spacial score (nSPS) is 37.3. The Hall–Kier alpha value is -1.17. The van der Waals surface area contributed by atoms with Crippen LogP contribution in [0.1, 0.15) is 26.7 Å². The van der Waals surface area contributed by atoms with Gasteiger partial charge in [0.05, 0.1) is 5.92 Å². The van der Waals surface area contributed by atoms with Crippen LogP contribution < -0.4 is 11.1 Å². The average molecular weight is 304 g/mol. The van der Waals surface area contributed by atoms with E-state index in [0.29, 0.717) is 6.04 Å². The van der Waals surface area contributed by atoms with Gasteiger partial charge in [0.1, 0.15) is 5.66 Å². The van der Waals surface area contributed by atoms with Gasteiger partial charge >= 0.3 is 0 Å². The predicted octanol–water partition coefficient (Wildman–Crippen LogP) is 0.690. The number of nitrogens with two attached hydrogens (primary N) is 1. The first-order valence-corrected chi connectivity index (χ1v) is 8.46. The lowest BCUT2D eigenvalue weighted by atomic mass is 9.78. The first-order valence-electron chi connectivity index (χ1n) is 8.46. The molecule has 3 unspecified atom stereocenters. The van der Waals surface area contributed by atoms with Crippen LogP contribution in [0.3, 0.4) is 0 Å². The third kappa shape index (κ3) is 2.32. The summed E-state index contributed by atoms with van der Waals surface area (Å²) in [6.45, 7) is 9.35. The van der Waals surface area contributed by atoms with Crippen LogP contribution in [0.15, 0.2) is 23.8 Å². The van der Waals surface area contributed by atoms with E-state index in [4.69, 9.17) is 5.73 Å². The maximum absolute atomic E-state index is 12.3. The van der Waals surface area contributed by atoms with Crippen LogP contribution in [0.25, 0.3) is 0 Å². The SMILES string of the molecule is CC1=CC=CC(C(N)=O)C1(N1CCCC1)N1CCNCC1C. The van der Waals surface area contributed by atoms with Crippen LogP contribution >= 0.6 is 0 Å². The molecule has 22 heavy (non-hydrogen) atoms.